The zero-order valence-electron chi connectivity index (χ0n) is 9.57. The number of alkyl halides is 1. The van der Waals surface area contributed by atoms with Crippen LogP contribution >= 0.6 is 0 Å². The van der Waals surface area contributed by atoms with Crippen LogP contribution in [-0.2, 0) is 0 Å². The molecule has 0 bridgehead atoms. The summed E-state index contributed by atoms with van der Waals surface area (Å²) in [7, 11) is 1.82. The maximum atomic E-state index is 14.1. The van der Waals surface area contributed by atoms with E-state index in [1.807, 2.05) is 20.9 Å². The fraction of sp³-hybridized carbons (Fsp3) is 0.833. The highest BCUT2D eigenvalue weighted by Gasteiger charge is 2.30. The normalized spacial score (nSPS) is 21.3. The number of halogens is 1. The lowest BCUT2D eigenvalue weighted by Crippen LogP contribution is -2.46. The first kappa shape index (κ1) is 11.7. The quantitative estimate of drug-likeness (QED) is 0.688. The van der Waals surface area contributed by atoms with Gasteiger partial charge in [-0.3, -0.25) is 0 Å². The average Bonchev–Trinajstić information content (AvgIpc) is 2.44. The van der Waals surface area contributed by atoms with Crippen molar-refractivity contribution < 1.29 is 4.39 Å². The molecule has 0 aromatic heterocycles. The molecule has 0 radical (unpaired) electrons. The van der Waals surface area contributed by atoms with E-state index in [0.29, 0.717) is 0 Å². The minimum atomic E-state index is -0.842. The zero-order chi connectivity index (χ0) is 10.6. The van der Waals surface area contributed by atoms with Crippen molar-refractivity contribution in [1.29, 1.82) is 0 Å². The van der Waals surface area contributed by atoms with Crippen molar-refractivity contribution in [3.8, 4) is 0 Å². The molecular formula is C12H22FN. The van der Waals surface area contributed by atoms with Gasteiger partial charge >= 0.3 is 0 Å². The highest BCUT2D eigenvalue weighted by molar-refractivity contribution is 5.15. The number of nitrogens with one attached hydrogen (secondary N) is 1. The minimum Gasteiger partial charge on any atom is -0.312 e. The van der Waals surface area contributed by atoms with E-state index in [4.69, 9.17) is 0 Å². The summed E-state index contributed by atoms with van der Waals surface area (Å²) in [6.07, 6.45) is 6.86. The molecule has 0 aromatic rings. The van der Waals surface area contributed by atoms with Crippen molar-refractivity contribution in [2.45, 2.75) is 57.7 Å². The van der Waals surface area contributed by atoms with E-state index in [1.54, 1.807) is 0 Å². The van der Waals surface area contributed by atoms with Crippen LogP contribution < -0.4 is 5.32 Å². The predicted molar refractivity (Wildman–Crippen MR) is 59.2 cm³/mol. The SMILES string of the molecule is CNC(C)(C)C(F)C1=CCCCCC1. The van der Waals surface area contributed by atoms with Crippen molar-refractivity contribution >= 4 is 0 Å². The molecule has 0 aliphatic heterocycles. The van der Waals surface area contributed by atoms with Crippen LogP contribution in [0.5, 0.6) is 0 Å². The first-order valence-corrected chi connectivity index (χ1v) is 5.60. The molecule has 0 amide bonds. The van der Waals surface area contributed by atoms with Crippen molar-refractivity contribution in [3.63, 3.8) is 0 Å². The van der Waals surface area contributed by atoms with Gasteiger partial charge in [0.2, 0.25) is 0 Å². The summed E-state index contributed by atoms with van der Waals surface area (Å²) in [4.78, 5) is 0. The average molecular weight is 199 g/mol. The lowest BCUT2D eigenvalue weighted by atomic mass is 9.90. The van der Waals surface area contributed by atoms with Gasteiger partial charge in [-0.05, 0) is 52.2 Å². The molecule has 14 heavy (non-hydrogen) atoms. The van der Waals surface area contributed by atoms with E-state index < -0.39 is 11.7 Å². The van der Waals surface area contributed by atoms with Gasteiger partial charge in [0.05, 0.1) is 0 Å². The van der Waals surface area contributed by atoms with Gasteiger partial charge in [-0.1, -0.05) is 12.5 Å². The van der Waals surface area contributed by atoms with Crippen molar-refractivity contribution in [1.82, 2.24) is 5.32 Å². The topological polar surface area (TPSA) is 12.0 Å². The van der Waals surface area contributed by atoms with Crippen LogP contribution in [0.4, 0.5) is 4.39 Å². The summed E-state index contributed by atoms with van der Waals surface area (Å²) < 4.78 is 14.1. The summed E-state index contributed by atoms with van der Waals surface area (Å²) in [6, 6.07) is 0. The van der Waals surface area contributed by atoms with Gasteiger partial charge in [0.15, 0.2) is 0 Å². The zero-order valence-corrected chi connectivity index (χ0v) is 9.57. The standard InChI is InChI=1S/C12H22FN/c1-12(2,14-3)11(13)10-8-6-4-5-7-9-10/h8,11,14H,4-7,9H2,1-3H3. The highest BCUT2D eigenvalue weighted by Crippen LogP contribution is 2.27. The highest BCUT2D eigenvalue weighted by atomic mass is 19.1. The Labute approximate surface area is 86.8 Å². The van der Waals surface area contributed by atoms with Crippen molar-refractivity contribution in [2.24, 2.45) is 0 Å². The van der Waals surface area contributed by atoms with Gasteiger partial charge < -0.3 is 5.32 Å². The van der Waals surface area contributed by atoms with Gasteiger partial charge in [0.25, 0.3) is 0 Å². The molecule has 1 rings (SSSR count). The second-order valence-corrected chi connectivity index (χ2v) is 4.71. The molecule has 0 aromatic carbocycles. The number of rotatable bonds is 3. The van der Waals surface area contributed by atoms with Crippen molar-refractivity contribution in [3.05, 3.63) is 11.6 Å². The second kappa shape index (κ2) is 4.92. The summed E-state index contributed by atoms with van der Waals surface area (Å²) in [6.45, 7) is 3.84. The molecule has 0 saturated carbocycles. The summed E-state index contributed by atoms with van der Waals surface area (Å²) >= 11 is 0. The van der Waals surface area contributed by atoms with E-state index in [1.165, 1.54) is 12.8 Å². The van der Waals surface area contributed by atoms with E-state index in [-0.39, 0.29) is 0 Å². The molecule has 0 saturated heterocycles. The number of hydrogen-bond acceptors (Lipinski definition) is 1. The lowest BCUT2D eigenvalue weighted by Gasteiger charge is -2.30. The van der Waals surface area contributed by atoms with Gasteiger partial charge in [-0.25, -0.2) is 4.39 Å². The summed E-state index contributed by atoms with van der Waals surface area (Å²) in [5, 5.41) is 3.04. The van der Waals surface area contributed by atoms with Gasteiger partial charge in [0, 0.05) is 5.54 Å². The fourth-order valence-electron chi connectivity index (χ4n) is 1.86. The van der Waals surface area contributed by atoms with Gasteiger partial charge in [0.1, 0.15) is 6.17 Å². The third-order valence-corrected chi connectivity index (χ3v) is 3.18. The summed E-state index contributed by atoms with van der Waals surface area (Å²) in [5.41, 5.74) is 0.567. The Hall–Kier alpha value is -0.370. The Kier molecular flexibility index (Phi) is 4.11. The monoisotopic (exact) mass is 199 g/mol. The van der Waals surface area contributed by atoms with Crippen LogP contribution in [0.25, 0.3) is 0 Å². The molecule has 0 fully saturated rings. The van der Waals surface area contributed by atoms with E-state index >= 15 is 0 Å². The van der Waals surface area contributed by atoms with E-state index in [9.17, 15) is 4.39 Å². The van der Waals surface area contributed by atoms with Crippen LogP contribution in [0, 0.1) is 0 Å². The Morgan fingerprint density at radius 1 is 1.36 bits per heavy atom. The lowest BCUT2D eigenvalue weighted by molar-refractivity contribution is 0.218. The molecule has 2 heteroatoms. The molecule has 1 nitrogen and oxygen atoms in total. The largest absolute Gasteiger partial charge is 0.312 e. The summed E-state index contributed by atoms with van der Waals surface area (Å²) in [5.74, 6) is 0. The third kappa shape index (κ3) is 2.81. The fourth-order valence-corrected chi connectivity index (χ4v) is 1.86. The molecule has 82 valence electrons. The first-order chi connectivity index (χ1) is 6.58. The maximum Gasteiger partial charge on any atom is 0.139 e. The Morgan fingerprint density at radius 2 is 2.07 bits per heavy atom. The minimum absolute atomic E-state index is 0.434. The Bertz CT molecular complexity index is 208. The molecular weight excluding hydrogens is 177 g/mol. The smallest absolute Gasteiger partial charge is 0.139 e. The predicted octanol–water partition coefficient (Wildman–Crippen LogP) is 3.21. The van der Waals surface area contributed by atoms with Crippen LogP contribution in [-0.4, -0.2) is 18.8 Å². The first-order valence-electron chi connectivity index (χ1n) is 5.60. The van der Waals surface area contributed by atoms with Gasteiger partial charge in [-0.15, -0.1) is 0 Å². The van der Waals surface area contributed by atoms with Crippen molar-refractivity contribution in [2.75, 3.05) is 7.05 Å². The molecule has 1 unspecified atom stereocenters. The molecule has 0 spiro atoms. The van der Waals surface area contributed by atoms with Crippen LogP contribution in [0.2, 0.25) is 0 Å². The second-order valence-electron chi connectivity index (χ2n) is 4.71. The molecule has 1 N–H and O–H groups in total. The van der Waals surface area contributed by atoms with Crippen LogP contribution in [0.1, 0.15) is 46.0 Å². The Balaban J connectivity index is 2.66. The Morgan fingerprint density at radius 3 is 2.71 bits per heavy atom. The van der Waals surface area contributed by atoms with E-state index in [0.717, 1.165) is 24.8 Å². The number of hydrogen-bond donors (Lipinski definition) is 1. The molecule has 1 aliphatic rings. The third-order valence-electron chi connectivity index (χ3n) is 3.18. The molecule has 1 atom stereocenters. The van der Waals surface area contributed by atoms with Crippen LogP contribution in [0.15, 0.2) is 11.6 Å². The maximum absolute atomic E-state index is 14.1. The van der Waals surface area contributed by atoms with Gasteiger partial charge in [-0.2, -0.15) is 0 Å². The number of allylic oxidation sites excluding steroid dienone is 1. The molecule has 1 aliphatic carbocycles. The van der Waals surface area contributed by atoms with E-state index in [2.05, 4.69) is 11.4 Å². The van der Waals surface area contributed by atoms with Crippen LogP contribution in [0.3, 0.4) is 0 Å². The molecule has 0 heterocycles.